The lowest BCUT2D eigenvalue weighted by Gasteiger charge is -2.36. The van der Waals surface area contributed by atoms with E-state index in [1.807, 2.05) is 6.08 Å². The third kappa shape index (κ3) is 6.45. The molecule has 0 spiro atoms. The summed E-state index contributed by atoms with van der Waals surface area (Å²) in [4.78, 5) is 27.6. The maximum Gasteiger partial charge on any atom is 0.430 e. The summed E-state index contributed by atoms with van der Waals surface area (Å²) in [6.07, 6.45) is -3.72. The molecule has 3 amide bonds. The normalized spacial score (nSPS) is 22.2. The number of aliphatic hydroxyl groups is 1. The van der Waals surface area contributed by atoms with Crippen molar-refractivity contribution in [1.82, 2.24) is 10.2 Å². The predicted molar refractivity (Wildman–Crippen MR) is 155 cm³/mol. The Morgan fingerprint density at radius 1 is 1.00 bits per heavy atom. The minimum Gasteiger partial charge on any atom is -0.490 e. The van der Waals surface area contributed by atoms with Gasteiger partial charge in [0.05, 0.1) is 0 Å². The minimum absolute atomic E-state index is 0.0907. The number of ether oxygens (including phenoxy) is 3. The van der Waals surface area contributed by atoms with E-state index < -0.39 is 41.0 Å². The molecule has 2 heterocycles. The van der Waals surface area contributed by atoms with Gasteiger partial charge >= 0.3 is 18.4 Å². The van der Waals surface area contributed by atoms with Crippen molar-refractivity contribution in [2.45, 2.75) is 82.8 Å². The number of imide groups is 1. The molecule has 1 aliphatic carbocycles. The lowest BCUT2D eigenvalue weighted by atomic mass is 9.77. The summed E-state index contributed by atoms with van der Waals surface area (Å²) in [5.74, 6) is 0.601. The van der Waals surface area contributed by atoms with Crippen LogP contribution in [0, 0.1) is 5.92 Å². The third-order valence-electron chi connectivity index (χ3n) is 8.47. The molecule has 1 saturated heterocycles. The van der Waals surface area contributed by atoms with Crippen LogP contribution < -0.4 is 10.1 Å². The molecule has 2 atom stereocenters. The second kappa shape index (κ2) is 13.6. The largest absolute Gasteiger partial charge is 0.490 e. The van der Waals surface area contributed by atoms with Crippen molar-refractivity contribution in [3.63, 3.8) is 0 Å². The maximum absolute atomic E-state index is 13.7. The number of amides is 3. The number of rotatable bonds is 12. The molecule has 3 aliphatic rings. The predicted octanol–water partition coefficient (Wildman–Crippen LogP) is 6.37. The highest BCUT2D eigenvalue weighted by Crippen LogP contribution is 2.51. The summed E-state index contributed by atoms with van der Waals surface area (Å²) < 4.78 is 99.1. The molecule has 0 aromatic heterocycles. The molecule has 0 radical (unpaired) electrons. The molecule has 254 valence electrons. The molecule has 8 nitrogen and oxygen atoms in total. The fourth-order valence-electron chi connectivity index (χ4n) is 6.07. The van der Waals surface area contributed by atoms with E-state index >= 15 is 0 Å². The number of carbonyl (C=O) groups is 2. The number of alkyl halides is 6. The number of carbonyl (C=O) groups excluding carboxylic acids is 2. The lowest BCUT2D eigenvalue weighted by molar-refractivity contribution is -0.376. The number of urea groups is 1. The van der Waals surface area contributed by atoms with E-state index in [0.717, 1.165) is 4.90 Å². The first kappa shape index (κ1) is 35.2. The number of aryl methyl sites for hydroxylation is 2. The topological polar surface area (TPSA) is 97.3 Å². The van der Waals surface area contributed by atoms with Gasteiger partial charge < -0.3 is 24.6 Å². The number of hydrogen-bond acceptors (Lipinski definition) is 6. The van der Waals surface area contributed by atoms with Crippen LogP contribution in [-0.4, -0.2) is 66.2 Å². The van der Waals surface area contributed by atoms with Crippen LogP contribution in [0.2, 0.25) is 0 Å². The van der Waals surface area contributed by atoms with E-state index in [0.29, 0.717) is 62.5 Å². The maximum atomic E-state index is 13.7. The second-order valence-electron chi connectivity index (χ2n) is 11.4. The smallest absolute Gasteiger partial charge is 0.430 e. The van der Waals surface area contributed by atoms with Gasteiger partial charge in [-0.25, -0.2) is 4.79 Å². The van der Waals surface area contributed by atoms with Crippen LogP contribution in [0.25, 0.3) is 0 Å². The van der Waals surface area contributed by atoms with Crippen LogP contribution >= 0.6 is 0 Å². The van der Waals surface area contributed by atoms with Crippen molar-refractivity contribution < 1.29 is 55.2 Å². The zero-order valence-corrected chi connectivity index (χ0v) is 25.8. The first-order valence-corrected chi connectivity index (χ1v) is 15.2. The molecule has 2 N–H and O–H groups in total. The van der Waals surface area contributed by atoms with Crippen molar-refractivity contribution in [2.24, 2.45) is 5.92 Å². The molecule has 1 aromatic rings. The Balaban J connectivity index is 1.50. The van der Waals surface area contributed by atoms with Gasteiger partial charge in [0, 0.05) is 24.4 Å². The highest BCUT2D eigenvalue weighted by molar-refractivity contribution is 6.07. The summed E-state index contributed by atoms with van der Waals surface area (Å²) in [7, 11) is 0. The SMILES string of the molecule is CCCc1cc(C(O)(C(F)(F)F)C(F)(F)F)cc(CCC)c1OC/C=C/CN1C(=O)NC(CC)(C2C=CC3=C(C2)OCCO3)C1=O. The quantitative estimate of drug-likeness (QED) is 0.154. The van der Waals surface area contributed by atoms with Gasteiger partial charge in [-0.2, -0.15) is 26.3 Å². The number of nitrogens with one attached hydrogen (secondary N) is 1. The van der Waals surface area contributed by atoms with Crippen LogP contribution in [0.15, 0.2) is 48.0 Å². The van der Waals surface area contributed by atoms with Crippen molar-refractivity contribution in [1.29, 1.82) is 0 Å². The number of hydrogen-bond donors (Lipinski definition) is 2. The average Bonchev–Trinajstić information content (AvgIpc) is 3.25. The first-order valence-electron chi connectivity index (χ1n) is 15.2. The molecule has 4 rings (SSSR count). The van der Waals surface area contributed by atoms with Gasteiger partial charge in [0.25, 0.3) is 11.5 Å². The molecule has 14 heteroatoms. The highest BCUT2D eigenvalue weighted by atomic mass is 19.4. The molecule has 46 heavy (non-hydrogen) atoms. The number of halogens is 6. The molecule has 1 aromatic carbocycles. The molecular formula is C32H38F6N2O6. The van der Waals surface area contributed by atoms with E-state index in [1.54, 1.807) is 26.8 Å². The molecule has 2 unspecified atom stereocenters. The Kier molecular flexibility index (Phi) is 10.4. The summed E-state index contributed by atoms with van der Waals surface area (Å²) in [5.41, 5.74) is -7.36. The molecular weight excluding hydrogens is 622 g/mol. The van der Waals surface area contributed by atoms with Gasteiger partial charge in [0.2, 0.25) is 0 Å². The Bertz CT molecular complexity index is 1360. The van der Waals surface area contributed by atoms with E-state index in [2.05, 4.69) is 5.32 Å². The molecule has 2 aliphatic heterocycles. The van der Waals surface area contributed by atoms with Crippen molar-refractivity contribution in [3.8, 4) is 5.75 Å². The number of nitrogens with zero attached hydrogens (tertiary/aromatic N) is 1. The highest BCUT2D eigenvalue weighted by Gasteiger charge is 2.71. The van der Waals surface area contributed by atoms with E-state index in [-0.39, 0.29) is 48.8 Å². The summed E-state index contributed by atoms with van der Waals surface area (Å²) in [6.45, 7) is 5.81. The minimum atomic E-state index is -6.01. The van der Waals surface area contributed by atoms with E-state index in [9.17, 15) is 41.0 Å². The summed E-state index contributed by atoms with van der Waals surface area (Å²) in [6, 6.07) is 0.826. The van der Waals surface area contributed by atoms with E-state index in [4.69, 9.17) is 14.2 Å². The van der Waals surface area contributed by atoms with Gasteiger partial charge in [-0.05, 0) is 54.7 Å². The van der Waals surface area contributed by atoms with Crippen molar-refractivity contribution >= 4 is 11.9 Å². The Labute approximate surface area is 263 Å². The average molecular weight is 661 g/mol. The third-order valence-corrected chi connectivity index (χ3v) is 8.47. The van der Waals surface area contributed by atoms with Gasteiger partial charge in [-0.15, -0.1) is 0 Å². The van der Waals surface area contributed by atoms with Gasteiger partial charge in [0.15, 0.2) is 5.76 Å². The van der Waals surface area contributed by atoms with Gasteiger partial charge in [-0.1, -0.05) is 45.8 Å². The number of allylic oxidation sites excluding steroid dienone is 2. The fraction of sp³-hybridized carbons (Fsp3) is 0.562. The van der Waals surface area contributed by atoms with Gasteiger partial charge in [-0.3, -0.25) is 9.69 Å². The van der Waals surface area contributed by atoms with Crippen LogP contribution in [0.1, 0.15) is 63.1 Å². The van der Waals surface area contributed by atoms with Crippen LogP contribution in [0.3, 0.4) is 0 Å². The van der Waals surface area contributed by atoms with Crippen LogP contribution in [-0.2, 0) is 32.7 Å². The fourth-order valence-corrected chi connectivity index (χ4v) is 6.07. The Morgan fingerprint density at radius 2 is 1.61 bits per heavy atom. The summed E-state index contributed by atoms with van der Waals surface area (Å²) in [5, 5.41) is 12.9. The molecule has 0 saturated carbocycles. The standard InChI is InChI=1S/C32H38F6N2O6/c1-4-9-20-17-23(30(43,31(33,34)35)32(36,37)38)18-21(10-5-2)26(20)46-14-8-7-13-40-27(41)29(6-3,39-28(40)42)22-11-12-24-25(19-22)45-16-15-44-24/h7-8,11-12,17-18,22,43H,4-6,9-10,13-16,19H2,1-3H3,(H,39,42)/b8-7+. The second-order valence-corrected chi connectivity index (χ2v) is 11.4. The zero-order valence-electron chi connectivity index (χ0n) is 25.8. The van der Waals surface area contributed by atoms with Crippen LogP contribution in [0.5, 0.6) is 5.75 Å². The molecule has 0 bridgehead atoms. The van der Waals surface area contributed by atoms with E-state index in [1.165, 1.54) is 12.2 Å². The lowest BCUT2D eigenvalue weighted by Crippen LogP contribution is -2.54. The Morgan fingerprint density at radius 3 is 2.17 bits per heavy atom. The van der Waals surface area contributed by atoms with Gasteiger partial charge in [0.1, 0.15) is 36.9 Å². The zero-order chi connectivity index (χ0) is 33.9. The van der Waals surface area contributed by atoms with Crippen molar-refractivity contribution in [3.05, 3.63) is 64.6 Å². The monoisotopic (exact) mass is 660 g/mol. The summed E-state index contributed by atoms with van der Waals surface area (Å²) >= 11 is 0. The Hall–Kier alpha value is -3.68. The number of benzene rings is 1. The van der Waals surface area contributed by atoms with Crippen molar-refractivity contribution in [2.75, 3.05) is 26.4 Å². The first-order chi connectivity index (χ1) is 21.6. The van der Waals surface area contributed by atoms with Crippen LogP contribution in [0.4, 0.5) is 31.1 Å². The molecule has 1 fully saturated rings.